The summed E-state index contributed by atoms with van der Waals surface area (Å²) >= 11 is 0. The molecule has 1 aromatic heterocycles. The summed E-state index contributed by atoms with van der Waals surface area (Å²) in [6.45, 7) is 0. The molecule has 150 valence electrons. The van der Waals surface area contributed by atoms with Gasteiger partial charge in [-0.2, -0.15) is 5.10 Å². The van der Waals surface area contributed by atoms with Gasteiger partial charge in [-0.25, -0.2) is 9.07 Å². The Hall–Kier alpha value is -3.35. The second kappa shape index (κ2) is 7.58. The van der Waals surface area contributed by atoms with Crippen LogP contribution in [0.25, 0.3) is 5.69 Å². The molecule has 1 atom stereocenters. The molecule has 0 unspecified atom stereocenters. The minimum absolute atomic E-state index is 0.0207. The minimum Gasteiger partial charge on any atom is -0.493 e. The van der Waals surface area contributed by atoms with Crippen molar-refractivity contribution in [1.82, 2.24) is 9.78 Å². The number of halogens is 1. The van der Waals surface area contributed by atoms with Crippen molar-refractivity contribution in [3.8, 4) is 22.9 Å². The molecule has 7 heteroatoms. The molecule has 0 N–H and O–H groups in total. The lowest BCUT2D eigenvalue weighted by Crippen LogP contribution is -2.20. The standard InChI is InChI=1S/C22H21FN2O4/c1-27-20-10-14(11-21(28-2)22(20)29-3)13-8-18-15(19(26)9-13)12-24-25(18)17-7-5-4-6-16(17)23/h4-7,10-13H,8-9H2,1-3H3/t13-/m1/s1. The zero-order valence-electron chi connectivity index (χ0n) is 16.4. The largest absolute Gasteiger partial charge is 0.493 e. The van der Waals surface area contributed by atoms with E-state index in [1.165, 1.54) is 16.9 Å². The quantitative estimate of drug-likeness (QED) is 0.654. The molecule has 0 spiro atoms. The van der Waals surface area contributed by atoms with Crippen molar-refractivity contribution in [3.63, 3.8) is 0 Å². The summed E-state index contributed by atoms with van der Waals surface area (Å²) in [5.41, 5.74) is 2.45. The predicted molar refractivity (Wildman–Crippen MR) is 105 cm³/mol. The number of rotatable bonds is 5. The topological polar surface area (TPSA) is 62.6 Å². The van der Waals surface area contributed by atoms with Gasteiger partial charge < -0.3 is 14.2 Å². The van der Waals surface area contributed by atoms with Crippen LogP contribution in [0.2, 0.25) is 0 Å². The number of hydrogen-bond acceptors (Lipinski definition) is 5. The molecule has 0 bridgehead atoms. The average Bonchev–Trinajstić information content (AvgIpc) is 3.17. The molecule has 3 aromatic rings. The van der Waals surface area contributed by atoms with E-state index in [1.54, 1.807) is 39.5 Å². The third kappa shape index (κ3) is 3.22. The van der Waals surface area contributed by atoms with E-state index in [2.05, 4.69) is 5.10 Å². The Bertz CT molecular complexity index is 1050. The first-order chi connectivity index (χ1) is 14.1. The van der Waals surface area contributed by atoms with Gasteiger partial charge in [0.2, 0.25) is 5.75 Å². The Kier molecular flexibility index (Phi) is 4.96. The van der Waals surface area contributed by atoms with Crippen LogP contribution in [0.15, 0.2) is 42.6 Å². The molecule has 6 nitrogen and oxygen atoms in total. The number of carbonyl (C=O) groups is 1. The van der Waals surface area contributed by atoms with Crippen molar-refractivity contribution in [2.75, 3.05) is 21.3 Å². The van der Waals surface area contributed by atoms with Crippen LogP contribution in [0.4, 0.5) is 4.39 Å². The van der Waals surface area contributed by atoms with Gasteiger partial charge in [-0.05, 0) is 42.2 Å². The van der Waals surface area contributed by atoms with Gasteiger partial charge in [0.15, 0.2) is 17.3 Å². The van der Waals surface area contributed by atoms with Crippen LogP contribution in [-0.2, 0) is 6.42 Å². The van der Waals surface area contributed by atoms with Crippen molar-refractivity contribution in [3.05, 3.63) is 65.2 Å². The molecule has 0 saturated heterocycles. The maximum atomic E-state index is 14.3. The lowest BCUT2D eigenvalue weighted by atomic mass is 9.82. The molecule has 2 aromatic carbocycles. The van der Waals surface area contributed by atoms with Crippen LogP contribution in [-0.4, -0.2) is 36.9 Å². The zero-order valence-corrected chi connectivity index (χ0v) is 16.4. The number of para-hydroxylation sites is 1. The highest BCUT2D eigenvalue weighted by Gasteiger charge is 2.31. The van der Waals surface area contributed by atoms with Gasteiger partial charge in [-0.1, -0.05) is 12.1 Å². The minimum atomic E-state index is -0.388. The van der Waals surface area contributed by atoms with Gasteiger partial charge in [-0.3, -0.25) is 4.79 Å². The van der Waals surface area contributed by atoms with Crippen LogP contribution in [0.1, 0.15) is 34.0 Å². The van der Waals surface area contributed by atoms with E-state index in [0.29, 0.717) is 47.0 Å². The molecule has 1 heterocycles. The lowest BCUT2D eigenvalue weighted by Gasteiger charge is -2.24. The Labute approximate surface area is 167 Å². The summed E-state index contributed by atoms with van der Waals surface area (Å²) in [5, 5.41) is 4.29. The molecule has 0 fully saturated rings. The Balaban J connectivity index is 1.77. The number of methoxy groups -OCH3 is 3. The van der Waals surface area contributed by atoms with Crippen LogP contribution in [0.3, 0.4) is 0 Å². The van der Waals surface area contributed by atoms with Gasteiger partial charge in [-0.15, -0.1) is 0 Å². The van der Waals surface area contributed by atoms with Gasteiger partial charge in [0.25, 0.3) is 0 Å². The highest BCUT2D eigenvalue weighted by Crippen LogP contribution is 2.43. The maximum absolute atomic E-state index is 14.3. The van der Waals surface area contributed by atoms with Gasteiger partial charge in [0.05, 0.1) is 38.8 Å². The summed E-state index contributed by atoms with van der Waals surface area (Å²) in [6.07, 6.45) is 2.39. The summed E-state index contributed by atoms with van der Waals surface area (Å²) in [7, 11) is 4.65. The first kappa shape index (κ1) is 19.0. The predicted octanol–water partition coefficient (Wildman–Crippen LogP) is 3.95. The first-order valence-corrected chi connectivity index (χ1v) is 9.22. The summed E-state index contributed by atoms with van der Waals surface area (Å²) < 4.78 is 32.1. The average molecular weight is 396 g/mol. The van der Waals surface area contributed by atoms with Crippen LogP contribution < -0.4 is 14.2 Å². The fraction of sp³-hybridized carbons (Fsp3) is 0.273. The Morgan fingerprint density at radius 2 is 1.72 bits per heavy atom. The number of fused-ring (bicyclic) bond motifs is 1. The van der Waals surface area contributed by atoms with Crippen LogP contribution in [0, 0.1) is 5.82 Å². The number of Topliss-reactive ketones (excluding diaryl/α,β-unsaturated/α-hetero) is 1. The summed E-state index contributed by atoms with van der Waals surface area (Å²) in [5.74, 6) is 1.03. The molecule has 1 aliphatic rings. The van der Waals surface area contributed by atoms with Gasteiger partial charge in [0, 0.05) is 6.42 Å². The highest BCUT2D eigenvalue weighted by atomic mass is 19.1. The van der Waals surface area contributed by atoms with E-state index >= 15 is 0 Å². The molecule has 1 aliphatic carbocycles. The van der Waals surface area contributed by atoms with Gasteiger partial charge in [0.1, 0.15) is 11.5 Å². The first-order valence-electron chi connectivity index (χ1n) is 9.22. The second-order valence-electron chi connectivity index (χ2n) is 6.86. The second-order valence-corrected chi connectivity index (χ2v) is 6.86. The SMILES string of the molecule is COc1cc([C@H]2CC(=O)c3cnn(-c4ccccc4F)c3C2)cc(OC)c1OC. The van der Waals surface area contributed by atoms with Crippen LogP contribution in [0.5, 0.6) is 17.2 Å². The Morgan fingerprint density at radius 1 is 1.03 bits per heavy atom. The normalized spacial score (nSPS) is 15.7. The van der Waals surface area contributed by atoms with E-state index < -0.39 is 0 Å². The third-order valence-electron chi connectivity index (χ3n) is 5.28. The highest BCUT2D eigenvalue weighted by molar-refractivity contribution is 5.98. The van der Waals surface area contributed by atoms with Crippen molar-refractivity contribution in [2.45, 2.75) is 18.8 Å². The van der Waals surface area contributed by atoms with E-state index in [1.807, 2.05) is 12.1 Å². The molecule has 4 rings (SSSR count). The number of aromatic nitrogens is 2. The Morgan fingerprint density at radius 3 is 2.34 bits per heavy atom. The molecular formula is C22H21FN2O4. The number of benzene rings is 2. The number of ether oxygens (including phenoxy) is 3. The lowest BCUT2D eigenvalue weighted by molar-refractivity contribution is 0.0963. The number of hydrogen-bond donors (Lipinski definition) is 0. The van der Waals surface area contributed by atoms with E-state index in [-0.39, 0.29) is 17.5 Å². The van der Waals surface area contributed by atoms with Crippen molar-refractivity contribution in [1.29, 1.82) is 0 Å². The molecule has 29 heavy (non-hydrogen) atoms. The third-order valence-corrected chi connectivity index (χ3v) is 5.28. The van der Waals surface area contributed by atoms with Crippen molar-refractivity contribution < 1.29 is 23.4 Å². The molecule has 0 radical (unpaired) electrons. The fourth-order valence-corrected chi connectivity index (χ4v) is 3.85. The monoisotopic (exact) mass is 396 g/mol. The van der Waals surface area contributed by atoms with E-state index in [0.717, 1.165) is 5.56 Å². The maximum Gasteiger partial charge on any atom is 0.203 e. The molecule has 0 amide bonds. The molecule has 0 aliphatic heterocycles. The van der Waals surface area contributed by atoms with Crippen molar-refractivity contribution >= 4 is 5.78 Å². The number of nitrogens with zero attached hydrogens (tertiary/aromatic N) is 2. The van der Waals surface area contributed by atoms with Gasteiger partial charge >= 0.3 is 0 Å². The summed E-state index contributed by atoms with van der Waals surface area (Å²) in [4.78, 5) is 12.8. The van der Waals surface area contributed by atoms with E-state index in [9.17, 15) is 9.18 Å². The zero-order chi connectivity index (χ0) is 20.5. The smallest absolute Gasteiger partial charge is 0.203 e. The van der Waals surface area contributed by atoms with E-state index in [4.69, 9.17) is 14.2 Å². The number of carbonyl (C=O) groups excluding carboxylic acids is 1. The number of ketones is 1. The van der Waals surface area contributed by atoms with Crippen molar-refractivity contribution in [2.24, 2.45) is 0 Å². The summed E-state index contributed by atoms with van der Waals surface area (Å²) in [6, 6.07) is 10.1. The molecule has 0 saturated carbocycles. The van der Waals surface area contributed by atoms with Crippen LogP contribution >= 0.6 is 0 Å². The fourth-order valence-electron chi connectivity index (χ4n) is 3.85. The molecular weight excluding hydrogens is 375 g/mol.